The van der Waals surface area contributed by atoms with Crippen LogP contribution in [0.4, 0.5) is 14.9 Å². The number of nitrogens with zero attached hydrogens (tertiary/aromatic N) is 5. The van der Waals surface area contributed by atoms with Crippen molar-refractivity contribution in [1.82, 2.24) is 19.6 Å². The smallest absolute Gasteiger partial charge is 0.306 e. The zero-order chi connectivity index (χ0) is 21.9. The minimum Gasteiger partial charge on any atom is -0.306 e. The molecule has 0 saturated carbocycles. The van der Waals surface area contributed by atoms with Crippen molar-refractivity contribution < 1.29 is 9.18 Å². The van der Waals surface area contributed by atoms with Crippen LogP contribution in [0.1, 0.15) is 29.3 Å². The minimum atomic E-state index is -0.399. The third kappa shape index (κ3) is 3.91. The normalized spacial score (nSPS) is 14.9. The predicted octanol–water partition coefficient (Wildman–Crippen LogP) is 4.23. The first-order valence-electron chi connectivity index (χ1n) is 9.96. The van der Waals surface area contributed by atoms with Gasteiger partial charge in [0.05, 0.1) is 12.2 Å². The number of aromatic nitrogens is 3. The van der Waals surface area contributed by atoms with E-state index in [0.29, 0.717) is 23.4 Å². The van der Waals surface area contributed by atoms with E-state index in [2.05, 4.69) is 32.3 Å². The second-order valence-corrected chi connectivity index (χ2v) is 7.15. The molecule has 3 heterocycles. The number of fused-ring (bicyclic) bond motifs is 1. The Labute approximate surface area is 183 Å². The molecule has 0 fully saturated rings. The number of hydrogen-bond acceptors (Lipinski definition) is 4. The van der Waals surface area contributed by atoms with E-state index in [-0.39, 0.29) is 11.9 Å². The maximum Gasteiger partial charge on any atom is 0.342 e. The second-order valence-electron chi connectivity index (χ2n) is 7.15. The van der Waals surface area contributed by atoms with E-state index in [9.17, 15) is 9.18 Å². The molecule has 2 aromatic carbocycles. The Morgan fingerprint density at radius 3 is 2.91 bits per heavy atom. The van der Waals surface area contributed by atoms with Crippen LogP contribution in [0.15, 0.2) is 78.2 Å². The number of hydrogen-bond donors (Lipinski definition) is 1. The molecule has 2 aromatic heterocycles. The molecule has 0 radical (unpaired) electrons. The fourth-order valence-corrected chi connectivity index (χ4v) is 3.51. The van der Waals surface area contributed by atoms with Gasteiger partial charge >= 0.3 is 6.03 Å². The van der Waals surface area contributed by atoms with Crippen molar-refractivity contribution in [3.8, 4) is 11.8 Å². The molecule has 5 rings (SSSR count). The lowest BCUT2D eigenvalue weighted by Gasteiger charge is -2.22. The van der Waals surface area contributed by atoms with Crippen molar-refractivity contribution in [3.63, 3.8) is 0 Å². The molecule has 1 aliphatic heterocycles. The van der Waals surface area contributed by atoms with Gasteiger partial charge in [0, 0.05) is 30.1 Å². The Hall–Kier alpha value is -4.51. The van der Waals surface area contributed by atoms with Crippen LogP contribution in [0.3, 0.4) is 0 Å². The molecule has 156 valence electrons. The minimum absolute atomic E-state index is 0.345. The SMILES string of the molecule is O=C(Nc1cccc(C#Cc2cnc3cccnn23)c1)N1N=CCC1c1cccc(F)c1. The summed E-state index contributed by atoms with van der Waals surface area (Å²) in [4.78, 5) is 17.1. The van der Waals surface area contributed by atoms with Gasteiger partial charge < -0.3 is 5.32 Å². The molecule has 1 unspecified atom stereocenters. The summed E-state index contributed by atoms with van der Waals surface area (Å²) in [7, 11) is 0. The quantitative estimate of drug-likeness (QED) is 0.489. The van der Waals surface area contributed by atoms with Crippen LogP contribution >= 0.6 is 0 Å². The highest BCUT2D eigenvalue weighted by Crippen LogP contribution is 2.29. The van der Waals surface area contributed by atoms with E-state index < -0.39 is 6.03 Å². The zero-order valence-electron chi connectivity index (χ0n) is 16.8. The van der Waals surface area contributed by atoms with E-state index in [4.69, 9.17) is 0 Å². The van der Waals surface area contributed by atoms with Crippen LogP contribution in [0.2, 0.25) is 0 Å². The summed E-state index contributed by atoms with van der Waals surface area (Å²) in [6, 6.07) is 16.3. The van der Waals surface area contributed by atoms with Crippen molar-refractivity contribution >= 4 is 23.6 Å². The Balaban J connectivity index is 1.33. The molecule has 7 nitrogen and oxygen atoms in total. The largest absolute Gasteiger partial charge is 0.342 e. The summed E-state index contributed by atoms with van der Waals surface area (Å²) in [6.45, 7) is 0. The lowest BCUT2D eigenvalue weighted by Crippen LogP contribution is -2.31. The number of hydrazone groups is 1. The summed E-state index contributed by atoms with van der Waals surface area (Å²) in [5, 5.41) is 12.6. The Morgan fingerprint density at radius 1 is 1.09 bits per heavy atom. The Kier molecular flexibility index (Phi) is 5.06. The van der Waals surface area contributed by atoms with E-state index >= 15 is 0 Å². The van der Waals surface area contributed by atoms with Gasteiger partial charge in [0.15, 0.2) is 5.65 Å². The highest BCUT2D eigenvalue weighted by atomic mass is 19.1. The number of benzene rings is 2. The summed E-state index contributed by atoms with van der Waals surface area (Å²) >= 11 is 0. The lowest BCUT2D eigenvalue weighted by molar-refractivity contribution is 0.200. The summed E-state index contributed by atoms with van der Waals surface area (Å²) < 4.78 is 15.3. The van der Waals surface area contributed by atoms with Gasteiger partial charge in [-0.25, -0.2) is 23.7 Å². The Bertz CT molecular complexity index is 1400. The van der Waals surface area contributed by atoms with Crippen LogP contribution in [0, 0.1) is 17.7 Å². The molecular formula is C24H17FN6O. The van der Waals surface area contributed by atoms with Crippen LogP contribution in [0.5, 0.6) is 0 Å². The van der Waals surface area contributed by atoms with Crippen molar-refractivity contribution in [2.45, 2.75) is 12.5 Å². The fraction of sp³-hybridized carbons (Fsp3) is 0.0833. The van der Waals surface area contributed by atoms with Crippen molar-refractivity contribution in [2.24, 2.45) is 5.10 Å². The average molecular weight is 424 g/mol. The molecular weight excluding hydrogens is 407 g/mol. The van der Waals surface area contributed by atoms with Gasteiger partial charge in [0.1, 0.15) is 11.5 Å². The van der Waals surface area contributed by atoms with Gasteiger partial charge in [-0.2, -0.15) is 10.2 Å². The summed E-state index contributed by atoms with van der Waals surface area (Å²) in [5.74, 6) is 5.79. The molecule has 1 aliphatic rings. The fourth-order valence-electron chi connectivity index (χ4n) is 3.51. The second kappa shape index (κ2) is 8.32. The molecule has 8 heteroatoms. The standard InChI is InChI=1S/C24H17FN6O/c25-19-6-2-5-18(15-19)22-11-13-28-31(22)24(32)29-20-7-1-4-17(14-20)9-10-21-16-26-23-8-3-12-27-30(21)23/h1-8,12-16,22H,11H2,(H,29,32). The number of carbonyl (C=O) groups is 1. The van der Waals surface area contributed by atoms with Gasteiger partial charge in [-0.1, -0.05) is 24.1 Å². The molecule has 0 spiro atoms. The summed E-state index contributed by atoms with van der Waals surface area (Å²) in [5.41, 5.74) is 3.38. The predicted molar refractivity (Wildman–Crippen MR) is 119 cm³/mol. The molecule has 1 atom stereocenters. The van der Waals surface area contributed by atoms with E-state index in [1.165, 1.54) is 17.1 Å². The van der Waals surface area contributed by atoms with Gasteiger partial charge in [-0.15, -0.1) is 0 Å². The number of anilines is 1. The third-order valence-corrected chi connectivity index (χ3v) is 5.00. The van der Waals surface area contributed by atoms with E-state index in [1.807, 2.05) is 24.3 Å². The Morgan fingerprint density at radius 2 is 2.00 bits per heavy atom. The highest BCUT2D eigenvalue weighted by Gasteiger charge is 2.28. The summed E-state index contributed by atoms with van der Waals surface area (Å²) in [6.07, 6.45) is 5.52. The van der Waals surface area contributed by atoms with Gasteiger partial charge in [0.25, 0.3) is 0 Å². The number of urea groups is 1. The average Bonchev–Trinajstić information content (AvgIpc) is 3.46. The van der Waals surface area contributed by atoms with Gasteiger partial charge in [0.2, 0.25) is 0 Å². The maximum absolute atomic E-state index is 13.6. The van der Waals surface area contributed by atoms with E-state index in [0.717, 1.165) is 11.2 Å². The van der Waals surface area contributed by atoms with Gasteiger partial charge in [-0.05, 0) is 53.9 Å². The molecule has 4 aromatic rings. The van der Waals surface area contributed by atoms with Crippen molar-refractivity contribution in [1.29, 1.82) is 0 Å². The monoisotopic (exact) mass is 424 g/mol. The number of halogens is 1. The van der Waals surface area contributed by atoms with Crippen LogP contribution < -0.4 is 5.32 Å². The number of nitrogens with one attached hydrogen (secondary N) is 1. The number of rotatable bonds is 2. The molecule has 0 saturated heterocycles. The number of amides is 2. The van der Waals surface area contributed by atoms with Crippen LogP contribution in [-0.2, 0) is 0 Å². The van der Waals surface area contributed by atoms with Crippen LogP contribution in [0.25, 0.3) is 5.65 Å². The molecule has 1 N–H and O–H groups in total. The lowest BCUT2D eigenvalue weighted by atomic mass is 10.0. The highest BCUT2D eigenvalue weighted by molar-refractivity contribution is 5.91. The van der Waals surface area contributed by atoms with Crippen LogP contribution in [-0.4, -0.2) is 31.9 Å². The first-order chi connectivity index (χ1) is 15.7. The van der Waals surface area contributed by atoms with Gasteiger partial charge in [-0.3, -0.25) is 0 Å². The first-order valence-corrected chi connectivity index (χ1v) is 9.96. The molecule has 0 aliphatic carbocycles. The maximum atomic E-state index is 13.6. The van der Waals surface area contributed by atoms with Crippen molar-refractivity contribution in [2.75, 3.05) is 5.32 Å². The molecule has 32 heavy (non-hydrogen) atoms. The zero-order valence-corrected chi connectivity index (χ0v) is 16.8. The van der Waals surface area contributed by atoms with Crippen molar-refractivity contribution in [3.05, 3.63) is 95.7 Å². The molecule has 0 bridgehead atoms. The number of carbonyl (C=O) groups excluding carboxylic acids is 1. The molecule has 2 amide bonds. The first kappa shape index (κ1) is 19.5. The third-order valence-electron chi connectivity index (χ3n) is 5.00. The van der Waals surface area contributed by atoms with E-state index in [1.54, 1.807) is 47.4 Å². The topological polar surface area (TPSA) is 74.9 Å². The number of imidazole rings is 1.